The van der Waals surface area contributed by atoms with E-state index >= 15 is 0 Å². The zero-order valence-electron chi connectivity index (χ0n) is 17.5. The minimum atomic E-state index is -0.208. The molecule has 158 valence electrons. The molecule has 0 unspecified atom stereocenters. The summed E-state index contributed by atoms with van der Waals surface area (Å²) in [5, 5.41) is 10.4. The summed E-state index contributed by atoms with van der Waals surface area (Å²) in [7, 11) is 0. The Morgan fingerprint density at radius 2 is 1.90 bits per heavy atom. The van der Waals surface area contributed by atoms with E-state index in [0.717, 1.165) is 58.3 Å². The highest BCUT2D eigenvalue weighted by Gasteiger charge is 2.17. The number of anilines is 1. The molecule has 30 heavy (non-hydrogen) atoms. The van der Waals surface area contributed by atoms with Crippen molar-refractivity contribution < 1.29 is 13.9 Å². The van der Waals surface area contributed by atoms with Gasteiger partial charge < -0.3 is 9.64 Å². The van der Waals surface area contributed by atoms with Gasteiger partial charge in [0.15, 0.2) is 6.29 Å². The number of rotatable bonds is 10. The highest BCUT2D eigenvalue weighted by Crippen LogP contribution is 2.34. The predicted molar refractivity (Wildman–Crippen MR) is 119 cm³/mol. The van der Waals surface area contributed by atoms with Crippen molar-refractivity contribution in [2.75, 3.05) is 18.1 Å². The molecule has 7 heteroatoms. The lowest BCUT2D eigenvalue weighted by Gasteiger charge is -2.21. The molecular weight excluding hydrogens is 401 g/mol. The zero-order valence-corrected chi connectivity index (χ0v) is 18.3. The summed E-state index contributed by atoms with van der Waals surface area (Å²) in [6.07, 6.45) is 2.77. The van der Waals surface area contributed by atoms with Crippen molar-refractivity contribution in [1.82, 2.24) is 10.2 Å². The Labute approximate surface area is 180 Å². The maximum atomic E-state index is 14.2. The van der Waals surface area contributed by atoms with E-state index in [9.17, 15) is 9.18 Å². The fourth-order valence-corrected chi connectivity index (χ4v) is 4.16. The number of carbonyl (C=O) groups is 1. The van der Waals surface area contributed by atoms with Gasteiger partial charge in [0.25, 0.3) is 0 Å². The van der Waals surface area contributed by atoms with Crippen molar-refractivity contribution in [3.8, 4) is 16.3 Å². The van der Waals surface area contributed by atoms with Crippen LogP contribution in [0.4, 0.5) is 9.52 Å². The molecule has 0 atom stereocenters. The molecule has 0 radical (unpaired) electrons. The first-order valence-corrected chi connectivity index (χ1v) is 10.8. The number of hydrogen-bond donors (Lipinski definition) is 0. The highest BCUT2D eigenvalue weighted by atomic mass is 32.1. The molecule has 0 aliphatic heterocycles. The number of benzene rings is 2. The first-order valence-electron chi connectivity index (χ1n) is 10.0. The summed E-state index contributed by atoms with van der Waals surface area (Å²) < 4.78 is 19.7. The molecule has 0 saturated carbocycles. The van der Waals surface area contributed by atoms with Crippen LogP contribution >= 0.6 is 11.3 Å². The third-order valence-electron chi connectivity index (χ3n) is 4.79. The monoisotopic (exact) mass is 427 g/mol. The lowest BCUT2D eigenvalue weighted by atomic mass is 10.1. The molecule has 0 aliphatic carbocycles. The molecule has 1 aromatic heterocycles. The fraction of sp³-hybridized carbons (Fsp3) is 0.348. The molecule has 0 bridgehead atoms. The second-order valence-electron chi connectivity index (χ2n) is 7.17. The second-order valence-corrected chi connectivity index (χ2v) is 8.13. The summed E-state index contributed by atoms with van der Waals surface area (Å²) in [5.41, 5.74) is 3.48. The van der Waals surface area contributed by atoms with Crippen LogP contribution in [0.1, 0.15) is 36.5 Å². The average Bonchev–Trinajstić information content (AvgIpc) is 3.22. The maximum absolute atomic E-state index is 14.2. The summed E-state index contributed by atoms with van der Waals surface area (Å²) in [6.45, 7) is 7.31. The first kappa shape index (κ1) is 21.9. The Kier molecular flexibility index (Phi) is 7.52. The molecule has 2 aromatic carbocycles. The van der Waals surface area contributed by atoms with Crippen LogP contribution in [0.25, 0.3) is 10.6 Å². The number of halogens is 1. The molecule has 0 N–H and O–H groups in total. The topological polar surface area (TPSA) is 55.3 Å². The zero-order chi connectivity index (χ0) is 21.5. The molecule has 0 fully saturated rings. The number of aldehydes is 1. The van der Waals surface area contributed by atoms with Crippen LogP contribution < -0.4 is 9.64 Å². The van der Waals surface area contributed by atoms with Gasteiger partial charge in [0, 0.05) is 24.2 Å². The second kappa shape index (κ2) is 10.3. The van der Waals surface area contributed by atoms with Gasteiger partial charge in [-0.3, -0.25) is 4.79 Å². The SMILES string of the molecule is CCCCN(Cc1ccccc1F)c1nnc(-c2cc(C)c(OCC=O)c(C)c2)s1. The number of nitrogens with zero attached hydrogens (tertiary/aromatic N) is 3. The van der Waals surface area contributed by atoms with Gasteiger partial charge in [-0.2, -0.15) is 0 Å². The number of aryl methyl sites for hydroxylation is 2. The smallest absolute Gasteiger partial charge is 0.208 e. The van der Waals surface area contributed by atoms with Crippen LogP contribution in [0.2, 0.25) is 0 Å². The van der Waals surface area contributed by atoms with E-state index in [4.69, 9.17) is 4.74 Å². The Hall–Kier alpha value is -2.80. The quantitative estimate of drug-likeness (QED) is 0.409. The van der Waals surface area contributed by atoms with Crippen molar-refractivity contribution in [3.05, 3.63) is 58.9 Å². The lowest BCUT2D eigenvalue weighted by molar-refractivity contribution is -0.109. The van der Waals surface area contributed by atoms with E-state index in [2.05, 4.69) is 22.0 Å². The molecule has 5 nitrogen and oxygen atoms in total. The number of carbonyl (C=O) groups excluding carboxylic acids is 1. The third-order valence-corrected chi connectivity index (χ3v) is 5.82. The normalized spacial score (nSPS) is 10.8. The largest absolute Gasteiger partial charge is 0.486 e. The number of hydrogen-bond acceptors (Lipinski definition) is 6. The van der Waals surface area contributed by atoms with Crippen LogP contribution in [0, 0.1) is 19.7 Å². The van der Waals surface area contributed by atoms with Crippen LogP contribution in [0.15, 0.2) is 36.4 Å². The van der Waals surface area contributed by atoms with Gasteiger partial charge in [0.1, 0.15) is 23.2 Å². The molecule has 0 saturated heterocycles. The Morgan fingerprint density at radius 1 is 1.17 bits per heavy atom. The van der Waals surface area contributed by atoms with Gasteiger partial charge in [-0.05, 0) is 49.6 Å². The van der Waals surface area contributed by atoms with E-state index in [1.54, 1.807) is 12.1 Å². The van der Waals surface area contributed by atoms with Crippen LogP contribution in [0.3, 0.4) is 0 Å². The molecule has 0 spiro atoms. The number of ether oxygens (including phenoxy) is 1. The molecule has 0 amide bonds. The molecule has 1 heterocycles. The third kappa shape index (κ3) is 5.21. The van der Waals surface area contributed by atoms with Gasteiger partial charge in [0.05, 0.1) is 0 Å². The summed E-state index contributed by atoms with van der Waals surface area (Å²) in [6, 6.07) is 10.8. The Bertz CT molecular complexity index is 983. The minimum Gasteiger partial charge on any atom is -0.486 e. The van der Waals surface area contributed by atoms with Crippen LogP contribution in [-0.4, -0.2) is 29.6 Å². The van der Waals surface area contributed by atoms with Gasteiger partial charge in [-0.15, -0.1) is 10.2 Å². The fourth-order valence-electron chi connectivity index (χ4n) is 3.30. The van der Waals surface area contributed by atoms with Gasteiger partial charge in [-0.25, -0.2) is 4.39 Å². The first-order chi connectivity index (χ1) is 14.5. The van der Waals surface area contributed by atoms with Crippen molar-refractivity contribution in [2.45, 2.75) is 40.2 Å². The predicted octanol–water partition coefficient (Wildman–Crippen LogP) is 5.35. The van der Waals surface area contributed by atoms with Crippen LogP contribution in [-0.2, 0) is 11.3 Å². The molecular formula is C23H26FN3O2S. The van der Waals surface area contributed by atoms with E-state index in [-0.39, 0.29) is 12.4 Å². The maximum Gasteiger partial charge on any atom is 0.208 e. The number of unbranched alkanes of at least 4 members (excludes halogenated alkanes) is 1. The van der Waals surface area contributed by atoms with Gasteiger partial charge >= 0.3 is 0 Å². The Balaban J connectivity index is 1.86. The van der Waals surface area contributed by atoms with E-state index in [1.165, 1.54) is 17.4 Å². The molecule has 3 aromatic rings. The van der Waals surface area contributed by atoms with E-state index in [1.807, 2.05) is 32.0 Å². The molecule has 3 rings (SSSR count). The van der Waals surface area contributed by atoms with Crippen molar-refractivity contribution >= 4 is 22.8 Å². The van der Waals surface area contributed by atoms with Crippen molar-refractivity contribution in [3.63, 3.8) is 0 Å². The number of aromatic nitrogens is 2. The summed E-state index contributed by atoms with van der Waals surface area (Å²) in [5.74, 6) is 0.514. The summed E-state index contributed by atoms with van der Waals surface area (Å²) >= 11 is 1.50. The van der Waals surface area contributed by atoms with E-state index in [0.29, 0.717) is 12.1 Å². The standard InChI is InChI=1S/C23H26FN3O2S/c1-4-5-10-27(15-18-8-6-7-9-20(18)24)23-26-25-22(30-23)19-13-16(2)21(17(3)14-19)29-12-11-28/h6-9,11,13-14H,4-5,10,12,15H2,1-3H3. The molecule has 0 aliphatic rings. The Morgan fingerprint density at radius 3 is 2.57 bits per heavy atom. The van der Waals surface area contributed by atoms with Crippen molar-refractivity contribution in [1.29, 1.82) is 0 Å². The van der Waals surface area contributed by atoms with Gasteiger partial charge in [-0.1, -0.05) is 42.9 Å². The highest BCUT2D eigenvalue weighted by molar-refractivity contribution is 7.18. The van der Waals surface area contributed by atoms with E-state index < -0.39 is 0 Å². The van der Waals surface area contributed by atoms with Crippen molar-refractivity contribution in [2.24, 2.45) is 0 Å². The van der Waals surface area contributed by atoms with Gasteiger partial charge in [0.2, 0.25) is 5.13 Å². The van der Waals surface area contributed by atoms with Crippen LogP contribution in [0.5, 0.6) is 5.75 Å². The average molecular weight is 428 g/mol. The minimum absolute atomic E-state index is 0.0341. The lowest BCUT2D eigenvalue weighted by Crippen LogP contribution is -2.24. The summed E-state index contributed by atoms with van der Waals surface area (Å²) in [4.78, 5) is 12.7.